The molecule has 0 aliphatic carbocycles. The van der Waals surface area contributed by atoms with E-state index in [4.69, 9.17) is 0 Å². The molecule has 2 heterocycles. The summed E-state index contributed by atoms with van der Waals surface area (Å²) in [6, 6.07) is 15.9. The lowest BCUT2D eigenvalue weighted by Crippen LogP contribution is -2.46. The minimum atomic E-state index is -0.316. The lowest BCUT2D eigenvalue weighted by atomic mass is 9.96. The molecule has 1 saturated heterocycles. The Morgan fingerprint density at radius 3 is 2.62 bits per heavy atom. The molecular weight excluding hydrogens is 407 g/mol. The van der Waals surface area contributed by atoms with Gasteiger partial charge < -0.3 is 10.2 Å². The smallest absolute Gasteiger partial charge is 0.227 e. The Balaban J connectivity index is 1.24. The van der Waals surface area contributed by atoms with Gasteiger partial charge in [-0.05, 0) is 54.7 Å². The summed E-state index contributed by atoms with van der Waals surface area (Å²) in [5.74, 6) is -0.557. The molecule has 1 aliphatic rings. The van der Waals surface area contributed by atoms with Crippen LogP contribution in [0.15, 0.2) is 67.0 Å². The van der Waals surface area contributed by atoms with Gasteiger partial charge in [-0.3, -0.25) is 9.59 Å². The topological polar surface area (TPSA) is 67.2 Å². The highest BCUT2D eigenvalue weighted by molar-refractivity contribution is 5.82. The second-order valence-corrected chi connectivity index (χ2v) is 8.15. The first-order valence-electron chi connectivity index (χ1n) is 11.0. The average Bonchev–Trinajstić information content (AvgIpc) is 3.30. The van der Waals surface area contributed by atoms with Crippen LogP contribution in [0.5, 0.6) is 0 Å². The van der Waals surface area contributed by atoms with Crippen LogP contribution in [0, 0.1) is 11.7 Å². The van der Waals surface area contributed by atoms with Crippen molar-refractivity contribution in [3.8, 4) is 5.69 Å². The third-order valence-electron chi connectivity index (χ3n) is 5.78. The molecule has 1 unspecified atom stereocenters. The molecule has 4 rings (SSSR count). The van der Waals surface area contributed by atoms with E-state index in [-0.39, 0.29) is 30.0 Å². The molecule has 1 aliphatic heterocycles. The first-order chi connectivity index (χ1) is 15.6. The van der Waals surface area contributed by atoms with Gasteiger partial charge in [-0.2, -0.15) is 5.10 Å². The minimum Gasteiger partial charge on any atom is -0.355 e. The molecule has 7 heteroatoms. The Morgan fingerprint density at radius 2 is 1.84 bits per heavy atom. The normalized spacial score (nSPS) is 16.0. The summed E-state index contributed by atoms with van der Waals surface area (Å²) in [6.07, 6.45) is 6.28. The van der Waals surface area contributed by atoms with Crippen molar-refractivity contribution in [2.45, 2.75) is 25.7 Å². The Morgan fingerprint density at radius 1 is 1.06 bits per heavy atom. The number of likely N-dealkylation sites (tertiary alicyclic amines) is 1. The van der Waals surface area contributed by atoms with Crippen LogP contribution in [0.1, 0.15) is 24.0 Å². The van der Waals surface area contributed by atoms with Crippen LogP contribution < -0.4 is 5.32 Å². The molecule has 2 aromatic carbocycles. The highest BCUT2D eigenvalue weighted by Gasteiger charge is 2.28. The fraction of sp³-hybridized carbons (Fsp3) is 0.320. The molecule has 0 saturated carbocycles. The quantitative estimate of drug-likeness (QED) is 0.621. The number of nitrogens with one attached hydrogen (secondary N) is 1. The number of rotatable bonds is 7. The monoisotopic (exact) mass is 434 g/mol. The highest BCUT2D eigenvalue weighted by atomic mass is 19.1. The van der Waals surface area contributed by atoms with Gasteiger partial charge in [-0.1, -0.05) is 30.3 Å². The predicted molar refractivity (Wildman–Crippen MR) is 120 cm³/mol. The van der Waals surface area contributed by atoms with Crippen LogP contribution in [0.2, 0.25) is 0 Å². The number of benzene rings is 2. The fourth-order valence-corrected chi connectivity index (χ4v) is 3.99. The Kier molecular flexibility index (Phi) is 6.94. The van der Waals surface area contributed by atoms with Gasteiger partial charge in [-0.15, -0.1) is 0 Å². The summed E-state index contributed by atoms with van der Waals surface area (Å²) < 4.78 is 14.9. The summed E-state index contributed by atoms with van der Waals surface area (Å²) in [5, 5.41) is 7.39. The zero-order valence-corrected chi connectivity index (χ0v) is 17.9. The van der Waals surface area contributed by atoms with Crippen LogP contribution in [0.3, 0.4) is 0 Å². The van der Waals surface area contributed by atoms with Crippen molar-refractivity contribution in [2.75, 3.05) is 19.6 Å². The van der Waals surface area contributed by atoms with Gasteiger partial charge in [0.2, 0.25) is 11.8 Å². The maximum atomic E-state index is 13.1. The summed E-state index contributed by atoms with van der Waals surface area (Å²) in [4.78, 5) is 27.0. The fourth-order valence-electron chi connectivity index (χ4n) is 3.99. The van der Waals surface area contributed by atoms with Gasteiger partial charge >= 0.3 is 0 Å². The van der Waals surface area contributed by atoms with Crippen molar-refractivity contribution in [1.82, 2.24) is 20.0 Å². The number of hydrogen-bond donors (Lipinski definition) is 1. The van der Waals surface area contributed by atoms with Gasteiger partial charge in [0.25, 0.3) is 0 Å². The molecule has 0 bridgehead atoms. The number of amides is 2. The van der Waals surface area contributed by atoms with E-state index in [1.54, 1.807) is 17.0 Å². The molecule has 2 amide bonds. The molecule has 1 N–H and O–H groups in total. The van der Waals surface area contributed by atoms with E-state index in [1.807, 2.05) is 47.4 Å². The number of carbonyl (C=O) groups excluding carboxylic acids is 2. The molecule has 3 aromatic rings. The van der Waals surface area contributed by atoms with E-state index >= 15 is 0 Å². The van der Waals surface area contributed by atoms with E-state index in [0.29, 0.717) is 26.1 Å². The van der Waals surface area contributed by atoms with Crippen LogP contribution in [-0.2, 0) is 22.4 Å². The summed E-state index contributed by atoms with van der Waals surface area (Å²) >= 11 is 0. The summed E-state index contributed by atoms with van der Waals surface area (Å²) in [6.45, 7) is 1.61. The van der Waals surface area contributed by atoms with Crippen LogP contribution in [-0.4, -0.2) is 46.1 Å². The second-order valence-electron chi connectivity index (χ2n) is 8.15. The molecular formula is C25H27FN4O2. The number of nitrogens with zero attached hydrogens (tertiary/aromatic N) is 3. The van der Waals surface area contributed by atoms with Crippen molar-refractivity contribution in [2.24, 2.45) is 5.92 Å². The Labute approximate surface area is 187 Å². The minimum absolute atomic E-state index is 0.0141. The van der Waals surface area contributed by atoms with Gasteiger partial charge in [-0.25, -0.2) is 9.07 Å². The Hall–Kier alpha value is -3.48. The Bertz CT molecular complexity index is 1050. The molecule has 6 nitrogen and oxygen atoms in total. The van der Waals surface area contributed by atoms with Gasteiger partial charge in [0, 0.05) is 25.8 Å². The number of para-hydroxylation sites is 1. The number of hydrogen-bond acceptors (Lipinski definition) is 3. The molecule has 0 spiro atoms. The molecule has 0 radical (unpaired) electrons. The SMILES string of the molecule is O=C(NCCc1cnn(-c2ccccc2)c1)C1CCCN(C(=O)Cc2ccc(F)cc2)C1. The van der Waals surface area contributed by atoms with Gasteiger partial charge in [0.1, 0.15) is 5.82 Å². The average molecular weight is 435 g/mol. The van der Waals surface area contributed by atoms with Crippen LogP contribution >= 0.6 is 0 Å². The van der Waals surface area contributed by atoms with Crippen molar-refractivity contribution in [1.29, 1.82) is 0 Å². The van der Waals surface area contributed by atoms with Crippen LogP contribution in [0.4, 0.5) is 4.39 Å². The number of carbonyl (C=O) groups is 2. The van der Waals surface area contributed by atoms with Gasteiger partial charge in [0.15, 0.2) is 0 Å². The van der Waals surface area contributed by atoms with Crippen molar-refractivity contribution < 1.29 is 14.0 Å². The third-order valence-corrected chi connectivity index (χ3v) is 5.78. The first kappa shape index (κ1) is 21.7. The first-order valence-corrected chi connectivity index (χ1v) is 11.0. The standard InChI is InChI=1S/C25H27FN4O2/c26-22-10-8-19(9-11-22)15-24(31)29-14-4-5-21(18-29)25(32)27-13-12-20-16-28-30(17-20)23-6-2-1-3-7-23/h1-3,6-11,16-17,21H,4-5,12-15,18H2,(H,27,32). The largest absolute Gasteiger partial charge is 0.355 e. The maximum Gasteiger partial charge on any atom is 0.227 e. The lowest BCUT2D eigenvalue weighted by molar-refractivity contribution is -0.135. The summed E-state index contributed by atoms with van der Waals surface area (Å²) in [7, 11) is 0. The zero-order valence-electron chi connectivity index (χ0n) is 17.9. The maximum absolute atomic E-state index is 13.1. The number of piperidine rings is 1. The van der Waals surface area contributed by atoms with Crippen molar-refractivity contribution in [3.63, 3.8) is 0 Å². The van der Waals surface area contributed by atoms with E-state index in [2.05, 4.69) is 10.4 Å². The number of aromatic nitrogens is 2. The molecule has 1 aromatic heterocycles. The third kappa shape index (κ3) is 5.60. The number of halogens is 1. The van der Waals surface area contributed by atoms with Crippen molar-refractivity contribution >= 4 is 11.8 Å². The second kappa shape index (κ2) is 10.2. The molecule has 166 valence electrons. The van der Waals surface area contributed by atoms with Gasteiger partial charge in [0.05, 0.1) is 24.2 Å². The molecule has 32 heavy (non-hydrogen) atoms. The molecule has 1 atom stereocenters. The predicted octanol–water partition coefficient (Wildman–Crippen LogP) is 3.15. The van der Waals surface area contributed by atoms with Crippen LogP contribution in [0.25, 0.3) is 5.69 Å². The highest BCUT2D eigenvalue weighted by Crippen LogP contribution is 2.18. The zero-order chi connectivity index (χ0) is 22.3. The van der Waals surface area contributed by atoms with E-state index < -0.39 is 0 Å². The lowest BCUT2D eigenvalue weighted by Gasteiger charge is -2.32. The summed E-state index contributed by atoms with van der Waals surface area (Å²) in [5.41, 5.74) is 2.82. The molecule has 1 fully saturated rings. The van der Waals surface area contributed by atoms with E-state index in [9.17, 15) is 14.0 Å². The van der Waals surface area contributed by atoms with Crippen molar-refractivity contribution in [3.05, 3.63) is 83.9 Å². The van der Waals surface area contributed by atoms with E-state index in [1.165, 1.54) is 12.1 Å². The van der Waals surface area contributed by atoms with E-state index in [0.717, 1.165) is 29.7 Å².